The number of amides is 1. The van der Waals surface area contributed by atoms with Crippen LogP contribution in [0.15, 0.2) is 48.7 Å². The molecule has 1 aromatic heterocycles. The molecule has 0 bridgehead atoms. The summed E-state index contributed by atoms with van der Waals surface area (Å²) in [5.74, 6) is 1.55. The topological polar surface area (TPSA) is 59.4 Å². The summed E-state index contributed by atoms with van der Waals surface area (Å²) in [4.78, 5) is 15.1. The number of aromatic nitrogens is 2. The summed E-state index contributed by atoms with van der Waals surface area (Å²) in [6.45, 7) is 6.77. The molecule has 0 saturated carbocycles. The van der Waals surface area contributed by atoms with Crippen molar-refractivity contribution in [3.63, 3.8) is 0 Å². The highest BCUT2D eigenvalue weighted by molar-refractivity contribution is 5.97. The maximum Gasteiger partial charge on any atom is 0.251 e. The van der Waals surface area contributed by atoms with E-state index in [1.54, 1.807) is 7.11 Å². The van der Waals surface area contributed by atoms with Gasteiger partial charge in [0.25, 0.3) is 5.91 Å². The number of carbonyl (C=O) groups is 1. The Morgan fingerprint density at radius 3 is 3.00 bits per heavy atom. The molecule has 1 fully saturated rings. The molecule has 6 nitrogen and oxygen atoms in total. The SMILES string of the molecule is COc1cccc(Cn2ncc3ccc(C(=O)NCCN4CCC[C@@H](C)C4)cc32)c1. The fraction of sp³-hybridized carbons (Fsp3) is 0.417. The second kappa shape index (κ2) is 9.30. The van der Waals surface area contributed by atoms with Crippen molar-refractivity contribution in [3.8, 4) is 5.75 Å². The summed E-state index contributed by atoms with van der Waals surface area (Å²) in [6.07, 6.45) is 4.41. The molecule has 30 heavy (non-hydrogen) atoms. The van der Waals surface area contributed by atoms with E-state index in [0.717, 1.165) is 47.8 Å². The second-order valence-electron chi connectivity index (χ2n) is 8.23. The fourth-order valence-electron chi connectivity index (χ4n) is 4.20. The first-order valence-electron chi connectivity index (χ1n) is 10.7. The molecule has 3 aromatic rings. The molecule has 4 rings (SSSR count). The van der Waals surface area contributed by atoms with Crippen LogP contribution in [0.1, 0.15) is 35.7 Å². The lowest BCUT2D eigenvalue weighted by molar-refractivity contribution is 0.0944. The van der Waals surface area contributed by atoms with Crippen molar-refractivity contribution >= 4 is 16.8 Å². The highest BCUT2D eigenvalue weighted by atomic mass is 16.5. The van der Waals surface area contributed by atoms with E-state index in [1.807, 2.05) is 53.3 Å². The second-order valence-corrected chi connectivity index (χ2v) is 8.23. The third kappa shape index (κ3) is 4.82. The van der Waals surface area contributed by atoms with Crippen LogP contribution in [0.4, 0.5) is 0 Å². The standard InChI is InChI=1S/C24H30N4O2/c1-18-5-4-11-27(16-18)12-10-25-24(29)20-8-9-21-15-26-28(23(21)14-20)17-19-6-3-7-22(13-19)30-2/h3,6-9,13-15,18H,4-5,10-12,16-17H2,1-2H3,(H,25,29)/t18-/m1/s1. The Balaban J connectivity index is 1.42. The summed E-state index contributed by atoms with van der Waals surface area (Å²) in [7, 11) is 1.67. The van der Waals surface area contributed by atoms with Gasteiger partial charge in [0.15, 0.2) is 0 Å². The molecule has 158 valence electrons. The zero-order valence-corrected chi connectivity index (χ0v) is 17.8. The molecule has 1 atom stereocenters. The van der Waals surface area contributed by atoms with Gasteiger partial charge in [-0.2, -0.15) is 5.10 Å². The highest BCUT2D eigenvalue weighted by Crippen LogP contribution is 2.19. The van der Waals surface area contributed by atoms with Crippen LogP contribution in [0.5, 0.6) is 5.75 Å². The predicted octanol–water partition coefficient (Wildman–Crippen LogP) is 3.55. The molecule has 1 amide bonds. The van der Waals surface area contributed by atoms with E-state index in [0.29, 0.717) is 18.7 Å². The predicted molar refractivity (Wildman–Crippen MR) is 119 cm³/mol. The van der Waals surface area contributed by atoms with Gasteiger partial charge in [-0.05, 0) is 55.1 Å². The molecule has 0 spiro atoms. The molecule has 0 radical (unpaired) electrons. The van der Waals surface area contributed by atoms with E-state index in [-0.39, 0.29) is 5.91 Å². The van der Waals surface area contributed by atoms with Crippen molar-refractivity contribution < 1.29 is 9.53 Å². The number of ether oxygens (including phenoxy) is 1. The van der Waals surface area contributed by atoms with Crippen LogP contribution in [0.2, 0.25) is 0 Å². The van der Waals surface area contributed by atoms with Gasteiger partial charge < -0.3 is 15.0 Å². The van der Waals surface area contributed by atoms with Crippen molar-refractivity contribution in [1.29, 1.82) is 0 Å². The molecular formula is C24H30N4O2. The van der Waals surface area contributed by atoms with E-state index in [2.05, 4.69) is 22.2 Å². The third-order valence-corrected chi connectivity index (χ3v) is 5.83. The molecule has 1 N–H and O–H groups in total. The first-order valence-corrected chi connectivity index (χ1v) is 10.7. The fourth-order valence-corrected chi connectivity index (χ4v) is 4.20. The summed E-state index contributed by atoms with van der Waals surface area (Å²) < 4.78 is 7.24. The zero-order valence-electron chi connectivity index (χ0n) is 17.8. The van der Waals surface area contributed by atoms with Gasteiger partial charge in [-0.3, -0.25) is 9.48 Å². The number of fused-ring (bicyclic) bond motifs is 1. The van der Waals surface area contributed by atoms with E-state index in [9.17, 15) is 4.79 Å². The minimum Gasteiger partial charge on any atom is -0.497 e. The van der Waals surface area contributed by atoms with Gasteiger partial charge in [0.2, 0.25) is 0 Å². The minimum absolute atomic E-state index is 0.0314. The minimum atomic E-state index is -0.0314. The van der Waals surface area contributed by atoms with Crippen LogP contribution in [0.25, 0.3) is 10.9 Å². The van der Waals surface area contributed by atoms with Crippen molar-refractivity contribution in [2.24, 2.45) is 5.92 Å². The molecule has 1 aliphatic rings. The van der Waals surface area contributed by atoms with Gasteiger partial charge in [-0.15, -0.1) is 0 Å². The van der Waals surface area contributed by atoms with Gasteiger partial charge in [0.1, 0.15) is 5.75 Å². The van der Waals surface area contributed by atoms with Crippen LogP contribution < -0.4 is 10.1 Å². The number of rotatable bonds is 7. The number of benzene rings is 2. The molecule has 1 aliphatic heterocycles. The van der Waals surface area contributed by atoms with Crippen molar-refractivity contribution in [3.05, 3.63) is 59.8 Å². The Morgan fingerprint density at radius 2 is 2.17 bits per heavy atom. The van der Waals surface area contributed by atoms with Crippen LogP contribution in [-0.2, 0) is 6.54 Å². The van der Waals surface area contributed by atoms with E-state index < -0.39 is 0 Å². The summed E-state index contributed by atoms with van der Waals surface area (Å²) in [6, 6.07) is 13.7. The van der Waals surface area contributed by atoms with Gasteiger partial charge in [0.05, 0.1) is 25.4 Å². The number of carbonyl (C=O) groups excluding carboxylic acids is 1. The smallest absolute Gasteiger partial charge is 0.251 e. The average Bonchev–Trinajstić information content (AvgIpc) is 3.16. The lowest BCUT2D eigenvalue weighted by Crippen LogP contribution is -2.40. The summed E-state index contributed by atoms with van der Waals surface area (Å²) in [5.41, 5.74) is 2.72. The third-order valence-electron chi connectivity index (χ3n) is 5.83. The normalized spacial score (nSPS) is 17.2. The molecule has 2 heterocycles. The number of piperidine rings is 1. The van der Waals surface area contributed by atoms with Crippen LogP contribution in [0.3, 0.4) is 0 Å². The zero-order chi connectivity index (χ0) is 20.9. The van der Waals surface area contributed by atoms with E-state index in [1.165, 1.54) is 12.8 Å². The molecule has 1 saturated heterocycles. The quantitative estimate of drug-likeness (QED) is 0.652. The Labute approximate surface area is 177 Å². The van der Waals surface area contributed by atoms with Gasteiger partial charge in [0, 0.05) is 30.6 Å². The number of methoxy groups -OCH3 is 1. The number of hydrogen-bond acceptors (Lipinski definition) is 4. The summed E-state index contributed by atoms with van der Waals surface area (Å²) in [5, 5.41) is 8.61. The summed E-state index contributed by atoms with van der Waals surface area (Å²) >= 11 is 0. The Morgan fingerprint density at radius 1 is 1.27 bits per heavy atom. The van der Waals surface area contributed by atoms with Crippen LogP contribution >= 0.6 is 0 Å². The first-order chi connectivity index (χ1) is 14.6. The van der Waals surface area contributed by atoms with Crippen molar-refractivity contribution in [1.82, 2.24) is 20.0 Å². The van der Waals surface area contributed by atoms with Gasteiger partial charge >= 0.3 is 0 Å². The lowest BCUT2D eigenvalue weighted by atomic mass is 10.0. The molecule has 2 aromatic carbocycles. The largest absolute Gasteiger partial charge is 0.497 e. The number of hydrogen-bond donors (Lipinski definition) is 1. The number of likely N-dealkylation sites (tertiary alicyclic amines) is 1. The highest BCUT2D eigenvalue weighted by Gasteiger charge is 2.16. The maximum absolute atomic E-state index is 12.7. The molecule has 6 heteroatoms. The van der Waals surface area contributed by atoms with Crippen molar-refractivity contribution in [2.75, 3.05) is 33.3 Å². The monoisotopic (exact) mass is 406 g/mol. The lowest BCUT2D eigenvalue weighted by Gasteiger charge is -2.30. The van der Waals surface area contributed by atoms with Gasteiger partial charge in [-0.1, -0.05) is 25.1 Å². The van der Waals surface area contributed by atoms with Gasteiger partial charge in [-0.25, -0.2) is 0 Å². The van der Waals surface area contributed by atoms with Crippen LogP contribution in [0, 0.1) is 5.92 Å². The molecule has 0 unspecified atom stereocenters. The Hall–Kier alpha value is -2.86. The first kappa shape index (κ1) is 20.4. The Kier molecular flexibility index (Phi) is 6.33. The van der Waals surface area contributed by atoms with Crippen LogP contribution in [-0.4, -0.2) is 53.9 Å². The van der Waals surface area contributed by atoms with Crippen molar-refractivity contribution in [2.45, 2.75) is 26.3 Å². The number of nitrogens with zero attached hydrogens (tertiary/aromatic N) is 3. The number of nitrogens with one attached hydrogen (secondary N) is 1. The van der Waals surface area contributed by atoms with E-state index >= 15 is 0 Å². The van der Waals surface area contributed by atoms with E-state index in [4.69, 9.17) is 4.74 Å². The molecular weight excluding hydrogens is 376 g/mol. The molecule has 0 aliphatic carbocycles. The average molecular weight is 407 g/mol. The maximum atomic E-state index is 12.7. The Bertz CT molecular complexity index is 1010.